The highest BCUT2D eigenvalue weighted by Gasteiger charge is 2.51. The van der Waals surface area contributed by atoms with Crippen LogP contribution in [0.25, 0.3) is 0 Å². The molecule has 2 N–H and O–H groups in total. The van der Waals surface area contributed by atoms with Crippen LogP contribution in [0, 0.1) is 11.7 Å². The van der Waals surface area contributed by atoms with E-state index in [1.807, 2.05) is 0 Å². The number of aliphatic hydroxyl groups excluding tert-OH is 1. The average molecular weight is 481 g/mol. The summed E-state index contributed by atoms with van der Waals surface area (Å²) in [7, 11) is 1.08. The van der Waals surface area contributed by atoms with Crippen LogP contribution < -0.4 is 10.1 Å². The van der Waals surface area contributed by atoms with E-state index < -0.39 is 47.7 Å². The second kappa shape index (κ2) is 11.3. The quantitative estimate of drug-likeness (QED) is 0.479. The molecule has 1 amide bonds. The van der Waals surface area contributed by atoms with Gasteiger partial charge in [-0.1, -0.05) is 13.0 Å². The molecule has 0 radical (unpaired) electrons. The van der Waals surface area contributed by atoms with E-state index in [0.29, 0.717) is 17.9 Å². The van der Waals surface area contributed by atoms with Crippen molar-refractivity contribution in [3.05, 3.63) is 47.3 Å². The van der Waals surface area contributed by atoms with Crippen molar-refractivity contribution >= 4 is 12.1 Å². The Morgan fingerprint density at radius 2 is 1.94 bits per heavy atom. The molecule has 1 saturated heterocycles. The van der Waals surface area contributed by atoms with Crippen molar-refractivity contribution in [3.63, 3.8) is 0 Å². The number of nitrogens with zero attached hydrogens (tertiary/aromatic N) is 2. The molecule has 182 valence electrons. The third kappa shape index (κ3) is 6.32. The van der Waals surface area contributed by atoms with E-state index in [4.69, 9.17) is 14.6 Å². The number of anilines is 1. The minimum atomic E-state index is -4.55. The van der Waals surface area contributed by atoms with Crippen molar-refractivity contribution in [1.29, 1.82) is 0 Å². The van der Waals surface area contributed by atoms with E-state index in [1.165, 1.54) is 25.4 Å². The molecule has 13 heteroatoms. The van der Waals surface area contributed by atoms with E-state index in [2.05, 4.69) is 15.3 Å². The van der Waals surface area contributed by atoms with Crippen LogP contribution in [0.2, 0.25) is 0 Å². The Morgan fingerprint density at radius 3 is 2.39 bits per heavy atom. The largest absolute Gasteiger partial charge is 0.496 e. The van der Waals surface area contributed by atoms with Gasteiger partial charge < -0.3 is 19.9 Å². The number of aliphatic hydroxyl groups is 1. The molecular formula is C20H21F6N3O4. The first-order valence-electron chi connectivity index (χ1n) is 9.49. The van der Waals surface area contributed by atoms with Gasteiger partial charge in [-0.15, -0.1) is 0 Å². The molecule has 33 heavy (non-hydrogen) atoms. The van der Waals surface area contributed by atoms with Gasteiger partial charge in [0.05, 0.1) is 37.4 Å². The molecule has 2 heterocycles. The number of aromatic nitrogens is 2. The molecule has 1 aliphatic rings. The van der Waals surface area contributed by atoms with Gasteiger partial charge in [0.2, 0.25) is 6.41 Å². The van der Waals surface area contributed by atoms with Crippen LogP contribution in [0.1, 0.15) is 36.2 Å². The number of hydrogen-bond donors (Lipinski definition) is 2. The molecule has 0 saturated carbocycles. The first kappa shape index (κ1) is 26.3. The smallest absolute Gasteiger partial charge is 0.414 e. The zero-order valence-electron chi connectivity index (χ0n) is 17.4. The number of halogens is 6. The number of alkyl halides is 5. The molecule has 2 aromatic rings. The second-order valence-electron chi connectivity index (χ2n) is 6.95. The number of hydrogen-bond acceptors (Lipinski definition) is 6. The predicted octanol–water partition coefficient (Wildman–Crippen LogP) is 3.99. The summed E-state index contributed by atoms with van der Waals surface area (Å²) < 4.78 is 87.6. The third-order valence-electron chi connectivity index (χ3n) is 4.96. The average Bonchev–Trinajstić information content (AvgIpc) is 3.16. The van der Waals surface area contributed by atoms with Gasteiger partial charge in [-0.3, -0.25) is 4.79 Å². The summed E-state index contributed by atoms with van der Waals surface area (Å²) >= 11 is 0. The number of methoxy groups -OCH3 is 1. The summed E-state index contributed by atoms with van der Waals surface area (Å²) in [6.45, 7) is 0.831. The molecule has 0 spiro atoms. The zero-order chi connectivity index (χ0) is 24.8. The predicted molar refractivity (Wildman–Crippen MR) is 103 cm³/mol. The highest BCUT2D eigenvalue weighted by molar-refractivity contribution is 5.69. The number of benzene rings is 1. The first-order valence-corrected chi connectivity index (χ1v) is 9.49. The van der Waals surface area contributed by atoms with Crippen molar-refractivity contribution in [2.24, 2.45) is 5.92 Å². The molecule has 1 fully saturated rings. The maximum absolute atomic E-state index is 13.5. The van der Waals surface area contributed by atoms with E-state index in [9.17, 15) is 31.1 Å². The Morgan fingerprint density at radius 1 is 1.30 bits per heavy atom. The minimum Gasteiger partial charge on any atom is -0.496 e. The molecule has 3 atom stereocenters. The van der Waals surface area contributed by atoms with E-state index in [1.54, 1.807) is 0 Å². The van der Waals surface area contributed by atoms with Gasteiger partial charge in [0.25, 0.3) is 6.43 Å². The van der Waals surface area contributed by atoms with E-state index >= 15 is 0 Å². The fourth-order valence-corrected chi connectivity index (χ4v) is 3.38. The highest BCUT2D eigenvalue weighted by atomic mass is 19.4. The molecule has 0 bridgehead atoms. The lowest BCUT2D eigenvalue weighted by Crippen LogP contribution is -2.33. The number of nitrogens with one attached hydrogen (secondary N) is 1. The molecule has 3 rings (SSSR count). The molecule has 1 aromatic carbocycles. The van der Waals surface area contributed by atoms with Crippen LogP contribution >= 0.6 is 0 Å². The minimum absolute atomic E-state index is 0.0958. The fourth-order valence-electron chi connectivity index (χ4n) is 3.38. The topological polar surface area (TPSA) is 93.6 Å². The number of amides is 1. The molecule has 7 nitrogen and oxygen atoms in total. The Labute approximate surface area is 184 Å². The molecule has 3 unspecified atom stereocenters. The van der Waals surface area contributed by atoms with Crippen LogP contribution in [0.3, 0.4) is 0 Å². The van der Waals surface area contributed by atoms with Gasteiger partial charge in [-0.2, -0.15) is 13.2 Å². The normalized spacial score (nSPS) is 20.2. The van der Waals surface area contributed by atoms with Crippen LogP contribution in [-0.4, -0.2) is 47.5 Å². The Hall–Kier alpha value is -2.93. The molecule has 0 aliphatic carbocycles. The van der Waals surface area contributed by atoms with Crippen LogP contribution in [-0.2, 0) is 16.1 Å². The summed E-state index contributed by atoms with van der Waals surface area (Å²) in [5, 5.41) is 10.9. The summed E-state index contributed by atoms with van der Waals surface area (Å²) in [5.74, 6) is -3.04. The third-order valence-corrected chi connectivity index (χ3v) is 4.96. The van der Waals surface area contributed by atoms with Crippen LogP contribution in [0.15, 0.2) is 24.5 Å². The second-order valence-corrected chi connectivity index (χ2v) is 6.95. The number of carbonyl (C=O) groups excluding carboxylic acids is 1. The number of carbonyl (C=O) groups is 1. The maximum Gasteiger partial charge on any atom is 0.414 e. The molecule has 1 aliphatic heterocycles. The lowest BCUT2D eigenvalue weighted by Gasteiger charge is -2.23. The van der Waals surface area contributed by atoms with Gasteiger partial charge in [-0.05, 0) is 6.07 Å². The van der Waals surface area contributed by atoms with Crippen molar-refractivity contribution in [2.45, 2.75) is 38.2 Å². The molecule has 1 aromatic heterocycles. The number of rotatable bonds is 6. The number of ether oxygens (including phenoxy) is 2. The van der Waals surface area contributed by atoms with Crippen LogP contribution in [0.5, 0.6) is 5.75 Å². The van der Waals surface area contributed by atoms with Gasteiger partial charge in [-0.25, -0.2) is 23.1 Å². The van der Waals surface area contributed by atoms with Crippen molar-refractivity contribution in [2.75, 3.05) is 19.0 Å². The standard InChI is InChI=1S/C14H14F6O2.C6H7N3O2/c1-6-8(5-22-12(6)14(18,19)20)7-3-4-9(15)10(13(16)17)11(7)21-2;10-3-6-7-1-5(2-8-6)9-4-11/h3-4,6,8,12-13H,5H2,1-2H3;1-2,4,10H,3H2,(H,9,11). The Bertz CT molecular complexity index is 927. The first-order chi connectivity index (χ1) is 15.5. The lowest BCUT2D eigenvalue weighted by molar-refractivity contribution is -0.215. The Balaban J connectivity index is 0.000000294. The highest BCUT2D eigenvalue weighted by Crippen LogP contribution is 2.46. The van der Waals surface area contributed by atoms with Gasteiger partial charge in [0, 0.05) is 17.4 Å². The van der Waals surface area contributed by atoms with Crippen molar-refractivity contribution < 1.29 is 45.7 Å². The van der Waals surface area contributed by atoms with Crippen molar-refractivity contribution in [3.8, 4) is 5.75 Å². The summed E-state index contributed by atoms with van der Waals surface area (Å²) in [6, 6.07) is 1.98. The SMILES string of the molecule is COc1c(C2COC(C(F)(F)F)C2C)ccc(F)c1C(F)F.O=CNc1cnc(CO)nc1. The van der Waals surface area contributed by atoms with Gasteiger partial charge in [0.15, 0.2) is 11.9 Å². The maximum atomic E-state index is 13.5. The fraction of sp³-hybridized carbons (Fsp3) is 0.450. The lowest BCUT2D eigenvalue weighted by atomic mass is 9.85. The van der Waals surface area contributed by atoms with Crippen molar-refractivity contribution in [1.82, 2.24) is 9.97 Å². The van der Waals surface area contributed by atoms with E-state index in [-0.39, 0.29) is 18.8 Å². The Kier molecular flexibility index (Phi) is 8.99. The van der Waals surface area contributed by atoms with Gasteiger partial charge in [0.1, 0.15) is 18.2 Å². The monoisotopic (exact) mass is 481 g/mol. The summed E-state index contributed by atoms with van der Waals surface area (Å²) in [5.41, 5.74) is -0.335. The van der Waals surface area contributed by atoms with Gasteiger partial charge >= 0.3 is 6.18 Å². The summed E-state index contributed by atoms with van der Waals surface area (Å²) in [4.78, 5) is 17.4. The van der Waals surface area contributed by atoms with E-state index in [0.717, 1.165) is 13.2 Å². The molecular weight excluding hydrogens is 460 g/mol. The van der Waals surface area contributed by atoms with Crippen LogP contribution in [0.4, 0.5) is 32.0 Å². The summed E-state index contributed by atoms with van der Waals surface area (Å²) in [6.07, 6.45) is -6.28. The zero-order valence-corrected chi connectivity index (χ0v) is 17.4.